The molecule has 1 aromatic carbocycles. The van der Waals surface area contributed by atoms with Crippen LogP contribution >= 0.6 is 0 Å². The zero-order chi connectivity index (χ0) is 17.9. The quantitative estimate of drug-likeness (QED) is 0.826. The van der Waals surface area contributed by atoms with Gasteiger partial charge >= 0.3 is 5.63 Å². The Balaban J connectivity index is 2.36. The SMILES string of the molecule is COc1cc(C)cc2oc(=O)c(CC(=O)NCCC(C)C)c(C)c12. The Morgan fingerprint density at radius 2 is 2.00 bits per heavy atom. The number of rotatable bonds is 6. The van der Waals surface area contributed by atoms with Crippen molar-refractivity contribution in [3.8, 4) is 5.75 Å². The summed E-state index contributed by atoms with van der Waals surface area (Å²) in [6.07, 6.45) is 0.920. The highest BCUT2D eigenvalue weighted by atomic mass is 16.5. The van der Waals surface area contributed by atoms with Crippen molar-refractivity contribution in [3.63, 3.8) is 0 Å². The summed E-state index contributed by atoms with van der Waals surface area (Å²) in [6, 6.07) is 3.69. The molecule has 0 radical (unpaired) electrons. The van der Waals surface area contributed by atoms with Crippen LogP contribution in [0.5, 0.6) is 5.75 Å². The van der Waals surface area contributed by atoms with E-state index in [2.05, 4.69) is 19.2 Å². The van der Waals surface area contributed by atoms with Crippen LogP contribution in [0, 0.1) is 19.8 Å². The lowest BCUT2D eigenvalue weighted by atomic mass is 10.0. The van der Waals surface area contributed by atoms with Crippen molar-refractivity contribution < 1.29 is 13.9 Å². The number of benzene rings is 1. The van der Waals surface area contributed by atoms with Crippen LogP contribution in [0.2, 0.25) is 0 Å². The monoisotopic (exact) mass is 331 g/mol. The molecule has 0 aliphatic carbocycles. The molecular weight excluding hydrogens is 306 g/mol. The molecule has 24 heavy (non-hydrogen) atoms. The molecule has 0 saturated carbocycles. The zero-order valence-electron chi connectivity index (χ0n) is 15.0. The van der Waals surface area contributed by atoms with Gasteiger partial charge in [-0.1, -0.05) is 13.8 Å². The maximum atomic E-state index is 12.3. The Hall–Kier alpha value is -2.30. The largest absolute Gasteiger partial charge is 0.496 e. The molecule has 0 aliphatic heterocycles. The molecule has 0 spiro atoms. The first-order valence-corrected chi connectivity index (χ1v) is 8.21. The molecule has 130 valence electrons. The molecule has 0 fully saturated rings. The molecule has 0 saturated heterocycles. The number of methoxy groups -OCH3 is 1. The van der Waals surface area contributed by atoms with Crippen LogP contribution in [0.25, 0.3) is 11.0 Å². The lowest BCUT2D eigenvalue weighted by Gasteiger charge is -2.12. The Bertz CT molecular complexity index is 805. The Labute approximate surface area is 142 Å². The first-order chi connectivity index (χ1) is 11.3. The van der Waals surface area contributed by atoms with Gasteiger partial charge < -0.3 is 14.5 Å². The first-order valence-electron chi connectivity index (χ1n) is 8.21. The second-order valence-electron chi connectivity index (χ2n) is 6.54. The van der Waals surface area contributed by atoms with Crippen LogP contribution in [0.3, 0.4) is 0 Å². The molecule has 5 nitrogen and oxygen atoms in total. The van der Waals surface area contributed by atoms with E-state index in [1.165, 1.54) is 0 Å². The van der Waals surface area contributed by atoms with E-state index >= 15 is 0 Å². The Morgan fingerprint density at radius 1 is 1.29 bits per heavy atom. The van der Waals surface area contributed by atoms with E-state index < -0.39 is 5.63 Å². The normalized spacial score (nSPS) is 11.1. The van der Waals surface area contributed by atoms with E-state index in [1.54, 1.807) is 13.2 Å². The molecule has 1 aromatic heterocycles. The molecule has 1 N–H and O–H groups in total. The van der Waals surface area contributed by atoms with E-state index in [-0.39, 0.29) is 12.3 Å². The number of carbonyl (C=O) groups excluding carboxylic acids is 1. The van der Waals surface area contributed by atoms with Gasteiger partial charge in [-0.25, -0.2) is 4.79 Å². The van der Waals surface area contributed by atoms with Gasteiger partial charge in [0.15, 0.2) is 0 Å². The summed E-state index contributed by atoms with van der Waals surface area (Å²) in [6.45, 7) is 8.54. The van der Waals surface area contributed by atoms with Gasteiger partial charge in [0.2, 0.25) is 5.91 Å². The van der Waals surface area contributed by atoms with Crippen LogP contribution in [-0.4, -0.2) is 19.6 Å². The summed E-state index contributed by atoms with van der Waals surface area (Å²) in [7, 11) is 1.58. The summed E-state index contributed by atoms with van der Waals surface area (Å²) in [5, 5.41) is 3.60. The fourth-order valence-corrected chi connectivity index (χ4v) is 2.73. The van der Waals surface area contributed by atoms with Gasteiger partial charge in [0.1, 0.15) is 11.3 Å². The molecule has 0 atom stereocenters. The lowest BCUT2D eigenvalue weighted by Crippen LogP contribution is -2.29. The van der Waals surface area contributed by atoms with Crippen molar-refractivity contribution >= 4 is 16.9 Å². The highest BCUT2D eigenvalue weighted by molar-refractivity contribution is 5.89. The van der Waals surface area contributed by atoms with Gasteiger partial charge in [0.05, 0.1) is 24.5 Å². The van der Waals surface area contributed by atoms with E-state index in [0.717, 1.165) is 22.9 Å². The standard InChI is InChI=1S/C19H25NO4/c1-11(2)6-7-20-17(21)10-14-13(4)18-15(23-5)8-12(3)9-16(18)24-19(14)22/h8-9,11H,6-7,10H2,1-5H3,(H,20,21). The van der Waals surface area contributed by atoms with Crippen LogP contribution in [0.15, 0.2) is 21.3 Å². The molecular formula is C19H25NO4. The van der Waals surface area contributed by atoms with Crippen LogP contribution in [-0.2, 0) is 11.2 Å². The fraction of sp³-hybridized carbons (Fsp3) is 0.474. The summed E-state index contributed by atoms with van der Waals surface area (Å²) in [4.78, 5) is 24.4. The maximum Gasteiger partial charge on any atom is 0.340 e. The van der Waals surface area contributed by atoms with Gasteiger partial charge in [-0.2, -0.15) is 0 Å². The average molecular weight is 331 g/mol. The van der Waals surface area contributed by atoms with Crippen LogP contribution in [0.1, 0.15) is 37.0 Å². The average Bonchev–Trinajstić information content (AvgIpc) is 2.49. The van der Waals surface area contributed by atoms with Crippen molar-refractivity contribution in [2.45, 2.75) is 40.5 Å². The predicted octanol–water partition coefficient (Wildman–Crippen LogP) is 3.12. The number of fused-ring (bicyclic) bond motifs is 1. The summed E-state index contributed by atoms with van der Waals surface area (Å²) in [5.41, 5.74) is 2.08. The lowest BCUT2D eigenvalue weighted by molar-refractivity contribution is -0.120. The minimum Gasteiger partial charge on any atom is -0.496 e. The van der Waals surface area contributed by atoms with Crippen LogP contribution < -0.4 is 15.7 Å². The Morgan fingerprint density at radius 3 is 2.62 bits per heavy atom. The highest BCUT2D eigenvalue weighted by Crippen LogP contribution is 2.30. The topological polar surface area (TPSA) is 68.5 Å². The van der Waals surface area contributed by atoms with Gasteiger partial charge in [0, 0.05) is 6.54 Å². The number of hydrogen-bond donors (Lipinski definition) is 1. The second kappa shape index (κ2) is 7.51. The molecule has 2 aromatic rings. The number of amides is 1. The molecule has 1 heterocycles. The van der Waals surface area contributed by atoms with E-state index in [4.69, 9.17) is 9.15 Å². The van der Waals surface area contributed by atoms with Gasteiger partial charge in [-0.15, -0.1) is 0 Å². The maximum absolute atomic E-state index is 12.3. The fourth-order valence-electron chi connectivity index (χ4n) is 2.73. The minimum absolute atomic E-state index is 0.0131. The smallest absolute Gasteiger partial charge is 0.340 e. The van der Waals surface area contributed by atoms with Crippen molar-refractivity contribution in [1.82, 2.24) is 5.32 Å². The van der Waals surface area contributed by atoms with E-state index in [1.807, 2.05) is 19.9 Å². The molecule has 0 unspecified atom stereocenters. The minimum atomic E-state index is -0.466. The van der Waals surface area contributed by atoms with Gasteiger partial charge in [-0.3, -0.25) is 4.79 Å². The van der Waals surface area contributed by atoms with E-state index in [0.29, 0.717) is 29.4 Å². The summed E-state index contributed by atoms with van der Waals surface area (Å²) in [5.74, 6) is 0.995. The predicted molar refractivity (Wildman–Crippen MR) is 94.7 cm³/mol. The number of aryl methyl sites for hydroxylation is 2. The molecule has 5 heteroatoms. The first kappa shape index (κ1) is 18.0. The Kier molecular flexibility index (Phi) is 5.65. The summed E-state index contributed by atoms with van der Waals surface area (Å²) >= 11 is 0. The number of hydrogen-bond acceptors (Lipinski definition) is 4. The van der Waals surface area contributed by atoms with Crippen LogP contribution in [0.4, 0.5) is 0 Å². The third kappa shape index (κ3) is 3.96. The number of nitrogens with one attached hydrogen (secondary N) is 1. The van der Waals surface area contributed by atoms with E-state index in [9.17, 15) is 9.59 Å². The third-order valence-electron chi connectivity index (χ3n) is 4.09. The number of carbonyl (C=O) groups is 1. The highest BCUT2D eigenvalue weighted by Gasteiger charge is 2.17. The summed E-state index contributed by atoms with van der Waals surface area (Å²) < 4.78 is 10.8. The molecule has 2 rings (SSSR count). The zero-order valence-corrected chi connectivity index (χ0v) is 15.0. The van der Waals surface area contributed by atoms with Gasteiger partial charge in [0.25, 0.3) is 0 Å². The molecule has 1 amide bonds. The van der Waals surface area contributed by atoms with Crippen molar-refractivity contribution in [3.05, 3.63) is 39.2 Å². The van der Waals surface area contributed by atoms with Crippen molar-refractivity contribution in [2.75, 3.05) is 13.7 Å². The molecule has 0 aliphatic rings. The molecule has 0 bridgehead atoms. The van der Waals surface area contributed by atoms with Crippen molar-refractivity contribution in [1.29, 1.82) is 0 Å². The van der Waals surface area contributed by atoms with Crippen molar-refractivity contribution in [2.24, 2.45) is 5.92 Å². The second-order valence-corrected chi connectivity index (χ2v) is 6.54. The number of ether oxygens (including phenoxy) is 1. The third-order valence-corrected chi connectivity index (χ3v) is 4.09. The van der Waals surface area contributed by atoms with Gasteiger partial charge in [-0.05, 0) is 49.4 Å².